The Morgan fingerprint density at radius 1 is 0.903 bits per heavy atom. The topological polar surface area (TPSA) is 12.0 Å². The zero-order valence-corrected chi connectivity index (χ0v) is 19.4. The third kappa shape index (κ3) is 5.28. The monoisotopic (exact) mass is 409 g/mol. The summed E-state index contributed by atoms with van der Waals surface area (Å²) < 4.78 is 0. The molecule has 4 rings (SSSR count). The highest BCUT2D eigenvalue weighted by molar-refractivity contribution is 5.81. The van der Waals surface area contributed by atoms with Crippen molar-refractivity contribution in [2.75, 3.05) is 5.32 Å². The van der Waals surface area contributed by atoms with Gasteiger partial charge in [0.25, 0.3) is 0 Å². The van der Waals surface area contributed by atoms with E-state index in [0.717, 1.165) is 24.7 Å². The summed E-state index contributed by atoms with van der Waals surface area (Å²) in [6.07, 6.45) is 15.2. The van der Waals surface area contributed by atoms with Gasteiger partial charge in [-0.3, -0.25) is 0 Å². The summed E-state index contributed by atoms with van der Waals surface area (Å²) in [5.74, 6) is 1.50. The Morgan fingerprint density at radius 2 is 1.71 bits per heavy atom. The van der Waals surface area contributed by atoms with E-state index < -0.39 is 0 Å². The van der Waals surface area contributed by atoms with Crippen molar-refractivity contribution in [3.05, 3.63) is 107 Å². The molecule has 0 bridgehead atoms. The third-order valence-electron chi connectivity index (χ3n) is 6.98. The molecule has 0 fully saturated rings. The van der Waals surface area contributed by atoms with Gasteiger partial charge < -0.3 is 5.32 Å². The second-order valence-electron chi connectivity index (χ2n) is 9.40. The summed E-state index contributed by atoms with van der Waals surface area (Å²) in [5, 5.41) is 3.67. The number of nitrogens with one attached hydrogen (secondary N) is 1. The Balaban J connectivity index is 1.53. The van der Waals surface area contributed by atoms with Crippen LogP contribution >= 0.6 is 0 Å². The van der Waals surface area contributed by atoms with Crippen molar-refractivity contribution in [3.63, 3.8) is 0 Å². The van der Waals surface area contributed by atoms with Crippen molar-refractivity contribution in [2.45, 2.75) is 53.0 Å². The van der Waals surface area contributed by atoms with E-state index >= 15 is 0 Å². The van der Waals surface area contributed by atoms with Crippen LogP contribution in [0.5, 0.6) is 0 Å². The molecule has 0 aliphatic heterocycles. The minimum Gasteiger partial charge on any atom is -0.379 e. The second-order valence-corrected chi connectivity index (χ2v) is 9.40. The van der Waals surface area contributed by atoms with E-state index in [1.807, 2.05) is 0 Å². The summed E-state index contributed by atoms with van der Waals surface area (Å²) in [5.41, 5.74) is 9.39. The molecule has 0 amide bonds. The fraction of sp³-hybridized carbons (Fsp3) is 0.333. The molecule has 2 aromatic rings. The van der Waals surface area contributed by atoms with Gasteiger partial charge in [-0.1, -0.05) is 74.5 Å². The quantitative estimate of drug-likeness (QED) is 0.527. The molecule has 3 unspecified atom stereocenters. The normalized spacial score (nSPS) is 23.9. The van der Waals surface area contributed by atoms with Gasteiger partial charge in [0, 0.05) is 11.7 Å². The van der Waals surface area contributed by atoms with Crippen LogP contribution in [0.4, 0.5) is 5.69 Å². The molecule has 0 saturated heterocycles. The summed E-state index contributed by atoms with van der Waals surface area (Å²) in [6, 6.07) is 17.8. The largest absolute Gasteiger partial charge is 0.379 e. The molecule has 0 spiro atoms. The van der Waals surface area contributed by atoms with E-state index in [4.69, 9.17) is 0 Å². The third-order valence-corrected chi connectivity index (χ3v) is 6.98. The number of allylic oxidation sites excluding steroid dienone is 6. The highest BCUT2D eigenvalue weighted by atomic mass is 14.9. The van der Waals surface area contributed by atoms with Crippen LogP contribution in [0.25, 0.3) is 5.57 Å². The highest BCUT2D eigenvalue weighted by Gasteiger charge is 2.21. The summed E-state index contributed by atoms with van der Waals surface area (Å²) in [6.45, 7) is 9.10. The SMILES string of the molecule is Cc1ccc(NC2C=CC(C=C(C3=CCC(C)C(C)C3)c3ccccc3)=CC2)cc1C. The van der Waals surface area contributed by atoms with Crippen molar-refractivity contribution >= 4 is 11.3 Å². The Morgan fingerprint density at radius 3 is 2.39 bits per heavy atom. The predicted molar refractivity (Wildman–Crippen MR) is 135 cm³/mol. The van der Waals surface area contributed by atoms with Crippen LogP contribution in [-0.4, -0.2) is 6.04 Å². The molecule has 160 valence electrons. The molecule has 0 aromatic heterocycles. The lowest BCUT2D eigenvalue weighted by Crippen LogP contribution is -2.18. The lowest BCUT2D eigenvalue weighted by Gasteiger charge is -2.27. The lowest BCUT2D eigenvalue weighted by molar-refractivity contribution is 0.374. The van der Waals surface area contributed by atoms with Crippen molar-refractivity contribution in [3.8, 4) is 0 Å². The predicted octanol–water partition coefficient (Wildman–Crippen LogP) is 8.05. The van der Waals surface area contributed by atoms with Crippen LogP contribution in [0.1, 0.15) is 49.8 Å². The number of rotatable bonds is 5. The molecule has 2 aliphatic rings. The first-order chi connectivity index (χ1) is 15.0. The molecular weight excluding hydrogens is 374 g/mol. The number of aryl methyl sites for hydroxylation is 2. The first-order valence-electron chi connectivity index (χ1n) is 11.7. The van der Waals surface area contributed by atoms with E-state index in [9.17, 15) is 0 Å². The smallest absolute Gasteiger partial charge is 0.0482 e. The molecule has 2 aromatic carbocycles. The summed E-state index contributed by atoms with van der Waals surface area (Å²) in [4.78, 5) is 0. The van der Waals surface area contributed by atoms with Crippen molar-refractivity contribution in [1.82, 2.24) is 0 Å². The van der Waals surface area contributed by atoms with Crippen LogP contribution in [0, 0.1) is 25.7 Å². The first kappa shape index (κ1) is 21.4. The van der Waals surface area contributed by atoms with Gasteiger partial charge in [0.15, 0.2) is 0 Å². The minimum atomic E-state index is 0.342. The zero-order chi connectivity index (χ0) is 21.8. The highest BCUT2D eigenvalue weighted by Crippen LogP contribution is 2.37. The molecule has 1 N–H and O–H groups in total. The number of hydrogen-bond donors (Lipinski definition) is 1. The maximum atomic E-state index is 3.67. The van der Waals surface area contributed by atoms with Gasteiger partial charge in [-0.15, -0.1) is 0 Å². The van der Waals surface area contributed by atoms with Crippen LogP contribution < -0.4 is 5.32 Å². The number of hydrogen-bond acceptors (Lipinski definition) is 1. The molecule has 0 saturated carbocycles. The number of anilines is 1. The molecule has 1 heteroatoms. The van der Waals surface area contributed by atoms with Gasteiger partial charge in [-0.25, -0.2) is 0 Å². The van der Waals surface area contributed by atoms with Crippen LogP contribution in [0.15, 0.2) is 90.1 Å². The molecule has 0 radical (unpaired) electrons. The fourth-order valence-electron chi connectivity index (χ4n) is 4.45. The average Bonchev–Trinajstić information content (AvgIpc) is 2.78. The number of benzene rings is 2. The molecule has 2 aliphatic carbocycles. The van der Waals surface area contributed by atoms with E-state index in [2.05, 4.69) is 112 Å². The van der Waals surface area contributed by atoms with Gasteiger partial charge >= 0.3 is 0 Å². The average molecular weight is 410 g/mol. The van der Waals surface area contributed by atoms with Gasteiger partial charge in [0.05, 0.1) is 0 Å². The Bertz CT molecular complexity index is 1040. The van der Waals surface area contributed by atoms with E-state index in [0.29, 0.717) is 6.04 Å². The molecule has 0 heterocycles. The Labute approximate surface area is 188 Å². The standard InChI is InChI=1S/C30H35N/c1-21-10-14-27(18-23(21)3)30(26-8-6-5-7-9-26)20-25-12-16-28(17-13-25)31-29-15-11-22(2)24(4)19-29/h5-9,11-16,19-21,23,28,31H,10,17-18H2,1-4H3. The molecular formula is C30H35N. The van der Waals surface area contributed by atoms with Crippen LogP contribution in [0.3, 0.4) is 0 Å². The first-order valence-corrected chi connectivity index (χ1v) is 11.7. The van der Waals surface area contributed by atoms with Gasteiger partial charge in [-0.2, -0.15) is 0 Å². The van der Waals surface area contributed by atoms with E-state index in [-0.39, 0.29) is 0 Å². The second kappa shape index (κ2) is 9.56. The van der Waals surface area contributed by atoms with Crippen LogP contribution in [0.2, 0.25) is 0 Å². The Hall–Kier alpha value is -2.80. The van der Waals surface area contributed by atoms with Gasteiger partial charge in [-0.05, 0) is 96.6 Å². The molecule has 1 nitrogen and oxygen atoms in total. The zero-order valence-electron chi connectivity index (χ0n) is 19.4. The summed E-state index contributed by atoms with van der Waals surface area (Å²) in [7, 11) is 0. The van der Waals surface area contributed by atoms with Crippen molar-refractivity contribution < 1.29 is 0 Å². The minimum absolute atomic E-state index is 0.342. The van der Waals surface area contributed by atoms with Crippen molar-refractivity contribution in [2.24, 2.45) is 11.8 Å². The maximum Gasteiger partial charge on any atom is 0.0482 e. The van der Waals surface area contributed by atoms with E-state index in [1.165, 1.54) is 45.5 Å². The van der Waals surface area contributed by atoms with E-state index in [1.54, 1.807) is 0 Å². The van der Waals surface area contributed by atoms with Gasteiger partial charge in [0.2, 0.25) is 0 Å². The molecule has 3 atom stereocenters. The van der Waals surface area contributed by atoms with Crippen LogP contribution in [-0.2, 0) is 0 Å². The Kier molecular flexibility index (Phi) is 6.61. The van der Waals surface area contributed by atoms with Crippen molar-refractivity contribution in [1.29, 1.82) is 0 Å². The summed E-state index contributed by atoms with van der Waals surface area (Å²) >= 11 is 0. The maximum absolute atomic E-state index is 3.67. The molecule has 31 heavy (non-hydrogen) atoms. The van der Waals surface area contributed by atoms with Gasteiger partial charge in [0.1, 0.15) is 0 Å². The lowest BCUT2D eigenvalue weighted by atomic mass is 9.78. The fourth-order valence-corrected chi connectivity index (χ4v) is 4.45.